The molecule has 9 heteroatoms. The van der Waals surface area contributed by atoms with Crippen molar-refractivity contribution in [2.24, 2.45) is 0 Å². The van der Waals surface area contributed by atoms with E-state index in [1.807, 2.05) is 80.6 Å². The number of oxazole rings is 1. The van der Waals surface area contributed by atoms with E-state index >= 15 is 0 Å². The van der Waals surface area contributed by atoms with Gasteiger partial charge in [-0.25, -0.2) is 4.98 Å². The lowest BCUT2D eigenvalue weighted by molar-refractivity contribution is -0.138. The van der Waals surface area contributed by atoms with Gasteiger partial charge in [0, 0.05) is 36.4 Å². The first-order valence-electron chi connectivity index (χ1n) is 14.9. The Morgan fingerprint density at radius 2 is 1.80 bits per heavy atom. The third-order valence-corrected chi connectivity index (χ3v) is 8.04. The molecular formula is C35H37N3O6. The molecule has 0 bridgehead atoms. The number of nitrogens with zero attached hydrogens (tertiary/aromatic N) is 1. The lowest BCUT2D eigenvalue weighted by Crippen LogP contribution is -2.36. The highest BCUT2D eigenvalue weighted by atomic mass is 16.5. The van der Waals surface area contributed by atoms with E-state index in [4.69, 9.17) is 14.3 Å². The van der Waals surface area contributed by atoms with Crippen molar-refractivity contribution in [2.75, 3.05) is 13.2 Å². The number of hydrogen-bond acceptors (Lipinski definition) is 7. The van der Waals surface area contributed by atoms with Crippen LogP contribution in [0.25, 0.3) is 11.5 Å². The van der Waals surface area contributed by atoms with Gasteiger partial charge in [0.2, 0.25) is 5.89 Å². The van der Waals surface area contributed by atoms with Crippen molar-refractivity contribution < 1.29 is 28.6 Å². The van der Waals surface area contributed by atoms with E-state index in [2.05, 4.69) is 15.6 Å². The highest BCUT2D eigenvalue weighted by Crippen LogP contribution is 2.34. The summed E-state index contributed by atoms with van der Waals surface area (Å²) in [6.45, 7) is 5.16. The molecule has 1 aliphatic rings. The van der Waals surface area contributed by atoms with Crippen molar-refractivity contribution in [3.05, 3.63) is 107 Å². The minimum atomic E-state index is -1.01. The highest BCUT2D eigenvalue weighted by Gasteiger charge is 2.35. The average Bonchev–Trinajstić information content (AvgIpc) is 3.67. The van der Waals surface area contributed by atoms with Crippen molar-refractivity contribution in [3.63, 3.8) is 0 Å². The van der Waals surface area contributed by atoms with Crippen LogP contribution >= 0.6 is 0 Å². The van der Waals surface area contributed by atoms with Gasteiger partial charge in [-0.05, 0) is 67.8 Å². The summed E-state index contributed by atoms with van der Waals surface area (Å²) in [7, 11) is 0. The maximum absolute atomic E-state index is 13.7. The first kappa shape index (κ1) is 30.7. The minimum absolute atomic E-state index is 0.0625. The number of benzene rings is 3. The summed E-state index contributed by atoms with van der Waals surface area (Å²) in [6.07, 6.45) is 0.882. The van der Waals surface area contributed by atoms with Crippen LogP contribution in [0.4, 0.5) is 0 Å². The summed E-state index contributed by atoms with van der Waals surface area (Å²) >= 11 is 0. The molecule has 1 aromatic heterocycles. The molecule has 0 saturated carbocycles. The lowest BCUT2D eigenvalue weighted by atomic mass is 9.85. The number of carboxylic acid groups (broad SMARTS) is 1. The second-order valence-electron chi connectivity index (χ2n) is 11.0. The van der Waals surface area contributed by atoms with Crippen LogP contribution in [0, 0.1) is 13.8 Å². The van der Waals surface area contributed by atoms with Gasteiger partial charge in [0.15, 0.2) is 5.78 Å². The number of carboxylic acids is 1. The molecule has 4 aromatic rings. The summed E-state index contributed by atoms with van der Waals surface area (Å²) in [4.78, 5) is 42.3. The molecule has 2 heterocycles. The number of rotatable bonds is 13. The summed E-state index contributed by atoms with van der Waals surface area (Å²) in [6, 6.07) is 22.4. The molecule has 1 amide bonds. The summed E-state index contributed by atoms with van der Waals surface area (Å²) in [5, 5.41) is 15.3. The zero-order chi connectivity index (χ0) is 31.1. The van der Waals surface area contributed by atoms with Crippen LogP contribution in [0.3, 0.4) is 0 Å². The number of aryl methyl sites for hydroxylation is 2. The molecule has 0 radical (unpaired) electrons. The second-order valence-corrected chi connectivity index (χ2v) is 11.0. The Balaban J connectivity index is 1.34. The Bertz CT molecular complexity index is 1630. The average molecular weight is 596 g/mol. The number of hydrogen-bond donors (Lipinski definition) is 3. The second kappa shape index (κ2) is 14.1. The van der Waals surface area contributed by atoms with Crippen LogP contribution in [-0.4, -0.2) is 46.9 Å². The standard InChI is InChI=1S/C35H37N3O6/c1-22-8-6-7-11-25(22)21-37-34(42)29-20-26(12-13-27(29)28-16-18-36-33(28)31(39)14-15-32(40)41)43-19-17-30-23(2)44-35(38-30)24-9-4-3-5-10-24/h3-13,20,28,33,36H,14-19,21H2,1-2H3,(H,37,42)(H,40,41)/t28?,33-/m0/s1. The topological polar surface area (TPSA) is 131 Å². The maximum atomic E-state index is 13.7. The summed E-state index contributed by atoms with van der Waals surface area (Å²) in [5.41, 5.74) is 4.96. The van der Waals surface area contributed by atoms with Crippen molar-refractivity contribution in [1.82, 2.24) is 15.6 Å². The first-order valence-corrected chi connectivity index (χ1v) is 14.9. The fourth-order valence-electron chi connectivity index (χ4n) is 5.62. The fraction of sp³-hybridized carbons (Fsp3) is 0.314. The molecule has 3 aromatic carbocycles. The molecule has 0 aliphatic carbocycles. The zero-order valence-corrected chi connectivity index (χ0v) is 25.0. The van der Waals surface area contributed by atoms with Crippen molar-refractivity contribution in [3.8, 4) is 17.2 Å². The van der Waals surface area contributed by atoms with E-state index in [9.17, 15) is 14.4 Å². The molecule has 1 saturated heterocycles. The third kappa shape index (κ3) is 7.41. The number of aromatic nitrogens is 1. The summed E-state index contributed by atoms with van der Waals surface area (Å²) < 4.78 is 12.0. The SMILES string of the molecule is Cc1ccccc1CNC(=O)c1cc(OCCc2nc(-c3ccccc3)oc2C)ccc1C1CCN[C@@H]1C(=O)CCC(=O)O. The molecule has 9 nitrogen and oxygen atoms in total. The van der Waals surface area contributed by atoms with Crippen LogP contribution in [0.2, 0.25) is 0 Å². The van der Waals surface area contributed by atoms with E-state index in [1.54, 1.807) is 6.07 Å². The molecule has 44 heavy (non-hydrogen) atoms. The Morgan fingerprint density at radius 3 is 2.57 bits per heavy atom. The van der Waals surface area contributed by atoms with Gasteiger partial charge in [0.25, 0.3) is 5.91 Å². The number of ether oxygens (including phenoxy) is 1. The smallest absolute Gasteiger partial charge is 0.303 e. The number of carbonyl (C=O) groups is 3. The monoisotopic (exact) mass is 595 g/mol. The number of nitrogens with one attached hydrogen (secondary N) is 2. The maximum Gasteiger partial charge on any atom is 0.303 e. The Hall–Kier alpha value is -4.76. The first-order chi connectivity index (χ1) is 21.3. The van der Waals surface area contributed by atoms with Crippen molar-refractivity contribution in [2.45, 2.75) is 58.0 Å². The van der Waals surface area contributed by atoms with E-state index in [0.29, 0.717) is 49.7 Å². The fourth-order valence-corrected chi connectivity index (χ4v) is 5.62. The van der Waals surface area contributed by atoms with E-state index in [1.165, 1.54) is 0 Å². The Kier molecular flexibility index (Phi) is 9.86. The number of carbonyl (C=O) groups excluding carboxylic acids is 2. The van der Waals surface area contributed by atoms with Gasteiger partial charge in [0.05, 0.1) is 24.8 Å². The molecule has 5 rings (SSSR count). The van der Waals surface area contributed by atoms with Gasteiger partial charge in [-0.15, -0.1) is 0 Å². The van der Waals surface area contributed by atoms with E-state index in [-0.39, 0.29) is 30.4 Å². The van der Waals surface area contributed by atoms with Gasteiger partial charge in [-0.2, -0.15) is 0 Å². The minimum Gasteiger partial charge on any atom is -0.493 e. The van der Waals surface area contributed by atoms with Gasteiger partial charge in [-0.3, -0.25) is 14.4 Å². The molecule has 1 unspecified atom stereocenters. The molecule has 1 fully saturated rings. The third-order valence-electron chi connectivity index (χ3n) is 8.04. The molecule has 0 spiro atoms. The van der Waals surface area contributed by atoms with Gasteiger partial charge >= 0.3 is 5.97 Å². The molecule has 2 atom stereocenters. The van der Waals surface area contributed by atoms with Crippen molar-refractivity contribution >= 4 is 17.7 Å². The lowest BCUT2D eigenvalue weighted by Gasteiger charge is -2.22. The molecule has 228 valence electrons. The number of amides is 1. The normalized spacial score (nSPS) is 16.0. The van der Waals surface area contributed by atoms with E-state index in [0.717, 1.165) is 33.7 Å². The summed E-state index contributed by atoms with van der Waals surface area (Å²) in [5.74, 6) is 0.107. The van der Waals surface area contributed by atoms with Crippen molar-refractivity contribution in [1.29, 1.82) is 0 Å². The van der Waals surface area contributed by atoms with Gasteiger partial charge in [0.1, 0.15) is 11.5 Å². The number of aliphatic carboxylic acids is 1. The molecular weight excluding hydrogens is 558 g/mol. The quantitative estimate of drug-likeness (QED) is 0.188. The molecule has 3 N–H and O–H groups in total. The molecule has 1 aliphatic heterocycles. The van der Waals surface area contributed by atoms with Gasteiger partial charge < -0.3 is 24.9 Å². The highest BCUT2D eigenvalue weighted by molar-refractivity contribution is 5.97. The van der Waals surface area contributed by atoms with Crippen LogP contribution in [0.1, 0.15) is 63.7 Å². The number of Topliss-reactive ketones (excluding diaryl/α,β-unsaturated/α-hetero) is 1. The Labute approximate surface area is 256 Å². The van der Waals surface area contributed by atoms with E-state index < -0.39 is 12.0 Å². The van der Waals surface area contributed by atoms with Gasteiger partial charge in [-0.1, -0.05) is 48.5 Å². The van der Waals surface area contributed by atoms with Crippen LogP contribution in [-0.2, 0) is 22.6 Å². The van der Waals surface area contributed by atoms with Crippen LogP contribution in [0.15, 0.2) is 77.2 Å². The largest absolute Gasteiger partial charge is 0.493 e. The van der Waals surface area contributed by atoms with Crippen LogP contribution < -0.4 is 15.4 Å². The predicted molar refractivity (Wildman–Crippen MR) is 166 cm³/mol. The Morgan fingerprint density at radius 1 is 1.02 bits per heavy atom. The van der Waals surface area contributed by atoms with Crippen LogP contribution in [0.5, 0.6) is 5.75 Å². The number of ketones is 1. The predicted octanol–water partition coefficient (Wildman–Crippen LogP) is 5.39. The zero-order valence-electron chi connectivity index (χ0n) is 25.0.